The topological polar surface area (TPSA) is 46.3 Å². The minimum atomic E-state index is -0.0357. The SMILES string of the molecule is O=C(c1ccc(Br)cn1)N(Cc1ccco1)C1CC1. The second kappa shape index (κ2) is 5.17. The maximum absolute atomic E-state index is 12.5. The number of hydrogen-bond donors (Lipinski definition) is 0. The highest BCUT2D eigenvalue weighted by Crippen LogP contribution is 2.29. The van der Waals surface area contributed by atoms with Crippen molar-refractivity contribution in [2.24, 2.45) is 0 Å². The van der Waals surface area contributed by atoms with Crippen LogP contribution < -0.4 is 0 Å². The van der Waals surface area contributed by atoms with Crippen molar-refractivity contribution < 1.29 is 9.21 Å². The summed E-state index contributed by atoms with van der Waals surface area (Å²) in [5.41, 5.74) is 0.474. The number of hydrogen-bond acceptors (Lipinski definition) is 3. The number of pyridine rings is 1. The molecule has 1 fully saturated rings. The first-order chi connectivity index (χ1) is 9.24. The van der Waals surface area contributed by atoms with Crippen molar-refractivity contribution in [2.75, 3.05) is 0 Å². The fourth-order valence-electron chi connectivity index (χ4n) is 1.97. The number of carbonyl (C=O) groups excluding carboxylic acids is 1. The van der Waals surface area contributed by atoms with Gasteiger partial charge in [0.25, 0.3) is 5.91 Å². The van der Waals surface area contributed by atoms with Crippen LogP contribution in [0.5, 0.6) is 0 Å². The third-order valence-corrected chi connectivity index (χ3v) is 3.57. The van der Waals surface area contributed by atoms with Crippen molar-refractivity contribution in [1.82, 2.24) is 9.88 Å². The number of rotatable bonds is 4. The molecule has 0 N–H and O–H groups in total. The van der Waals surface area contributed by atoms with E-state index < -0.39 is 0 Å². The first kappa shape index (κ1) is 12.4. The molecule has 0 bridgehead atoms. The lowest BCUT2D eigenvalue weighted by Crippen LogP contribution is -2.33. The summed E-state index contributed by atoms with van der Waals surface area (Å²) in [7, 11) is 0. The minimum absolute atomic E-state index is 0.0357. The molecule has 1 saturated carbocycles. The summed E-state index contributed by atoms with van der Waals surface area (Å²) >= 11 is 3.32. The molecule has 0 aliphatic heterocycles. The van der Waals surface area contributed by atoms with Crippen LogP contribution >= 0.6 is 15.9 Å². The largest absolute Gasteiger partial charge is 0.467 e. The molecular formula is C14H13BrN2O2. The minimum Gasteiger partial charge on any atom is -0.467 e. The van der Waals surface area contributed by atoms with Gasteiger partial charge in [0.1, 0.15) is 11.5 Å². The predicted octanol–water partition coefficient (Wildman–Crippen LogP) is 3.24. The Balaban J connectivity index is 1.79. The number of carbonyl (C=O) groups is 1. The molecular weight excluding hydrogens is 308 g/mol. The van der Waals surface area contributed by atoms with E-state index in [0.717, 1.165) is 23.1 Å². The van der Waals surface area contributed by atoms with Gasteiger partial charge in [-0.2, -0.15) is 0 Å². The Kier molecular flexibility index (Phi) is 3.38. The van der Waals surface area contributed by atoms with Gasteiger partial charge < -0.3 is 9.32 Å². The van der Waals surface area contributed by atoms with Gasteiger partial charge in [-0.3, -0.25) is 4.79 Å². The monoisotopic (exact) mass is 320 g/mol. The zero-order valence-corrected chi connectivity index (χ0v) is 11.8. The number of furan rings is 1. The zero-order valence-electron chi connectivity index (χ0n) is 10.3. The van der Waals surface area contributed by atoms with Crippen LogP contribution in [0.4, 0.5) is 0 Å². The van der Waals surface area contributed by atoms with Gasteiger partial charge in [-0.05, 0) is 53.0 Å². The third kappa shape index (κ3) is 2.87. The van der Waals surface area contributed by atoms with E-state index in [9.17, 15) is 4.79 Å². The first-order valence-electron chi connectivity index (χ1n) is 6.19. The molecule has 2 aromatic heterocycles. The van der Waals surface area contributed by atoms with Crippen LogP contribution in [-0.4, -0.2) is 21.8 Å². The van der Waals surface area contributed by atoms with E-state index in [2.05, 4.69) is 20.9 Å². The van der Waals surface area contributed by atoms with Gasteiger partial charge in [-0.25, -0.2) is 4.98 Å². The standard InChI is InChI=1S/C14H13BrN2O2/c15-10-3-6-13(16-8-10)14(18)17(11-4-5-11)9-12-2-1-7-19-12/h1-3,6-8,11H,4-5,9H2. The maximum atomic E-state index is 12.5. The number of amides is 1. The maximum Gasteiger partial charge on any atom is 0.273 e. The Morgan fingerprint density at radius 1 is 1.42 bits per heavy atom. The zero-order chi connectivity index (χ0) is 13.2. The Morgan fingerprint density at radius 3 is 2.84 bits per heavy atom. The van der Waals surface area contributed by atoms with E-state index in [1.54, 1.807) is 18.5 Å². The van der Waals surface area contributed by atoms with E-state index in [-0.39, 0.29) is 5.91 Å². The molecule has 4 nitrogen and oxygen atoms in total. The molecule has 2 heterocycles. The highest BCUT2D eigenvalue weighted by molar-refractivity contribution is 9.10. The van der Waals surface area contributed by atoms with Gasteiger partial charge in [0.2, 0.25) is 0 Å². The molecule has 3 rings (SSSR count). The molecule has 98 valence electrons. The summed E-state index contributed by atoms with van der Waals surface area (Å²) < 4.78 is 6.19. The summed E-state index contributed by atoms with van der Waals surface area (Å²) in [5.74, 6) is 0.767. The summed E-state index contributed by atoms with van der Waals surface area (Å²) in [4.78, 5) is 18.5. The molecule has 2 aromatic rings. The van der Waals surface area contributed by atoms with Gasteiger partial charge in [-0.1, -0.05) is 0 Å². The molecule has 0 unspecified atom stereocenters. The second-order valence-corrected chi connectivity index (χ2v) is 5.52. The first-order valence-corrected chi connectivity index (χ1v) is 6.98. The normalized spacial score (nSPS) is 14.4. The van der Waals surface area contributed by atoms with Gasteiger partial charge >= 0.3 is 0 Å². The highest BCUT2D eigenvalue weighted by atomic mass is 79.9. The van der Waals surface area contributed by atoms with Crippen LogP contribution in [0.25, 0.3) is 0 Å². The van der Waals surface area contributed by atoms with E-state index >= 15 is 0 Å². The van der Waals surface area contributed by atoms with Gasteiger partial charge in [-0.15, -0.1) is 0 Å². The second-order valence-electron chi connectivity index (χ2n) is 4.61. The molecule has 1 aliphatic carbocycles. The molecule has 0 atom stereocenters. The van der Waals surface area contributed by atoms with Crippen LogP contribution in [0.3, 0.4) is 0 Å². The van der Waals surface area contributed by atoms with Crippen LogP contribution in [0.15, 0.2) is 45.6 Å². The smallest absolute Gasteiger partial charge is 0.273 e. The summed E-state index contributed by atoms with van der Waals surface area (Å²) in [6.45, 7) is 0.508. The highest BCUT2D eigenvalue weighted by Gasteiger charge is 2.34. The lowest BCUT2D eigenvalue weighted by atomic mass is 10.3. The van der Waals surface area contributed by atoms with Gasteiger partial charge in [0.15, 0.2) is 0 Å². The van der Waals surface area contributed by atoms with E-state index in [4.69, 9.17) is 4.42 Å². The molecule has 0 spiro atoms. The Bertz CT molecular complexity index is 562. The molecule has 19 heavy (non-hydrogen) atoms. The average Bonchev–Trinajstić information content (AvgIpc) is 3.13. The molecule has 1 amide bonds. The average molecular weight is 321 g/mol. The van der Waals surface area contributed by atoms with E-state index in [1.165, 1.54) is 0 Å². The number of halogens is 1. The quantitative estimate of drug-likeness (QED) is 0.868. The predicted molar refractivity (Wildman–Crippen MR) is 73.5 cm³/mol. The van der Waals surface area contributed by atoms with E-state index in [1.807, 2.05) is 23.1 Å². The molecule has 1 aliphatic rings. The van der Waals surface area contributed by atoms with Gasteiger partial charge in [0.05, 0.1) is 12.8 Å². The van der Waals surface area contributed by atoms with Gasteiger partial charge in [0, 0.05) is 16.7 Å². The fourth-order valence-corrected chi connectivity index (χ4v) is 2.21. The Labute approximate surface area is 119 Å². The lowest BCUT2D eigenvalue weighted by Gasteiger charge is -2.20. The molecule has 0 aromatic carbocycles. The van der Waals surface area contributed by atoms with Crippen molar-refractivity contribution in [3.05, 3.63) is 52.7 Å². The van der Waals surface area contributed by atoms with Crippen LogP contribution in [0.1, 0.15) is 29.1 Å². The Morgan fingerprint density at radius 2 is 2.26 bits per heavy atom. The van der Waals surface area contributed by atoms with Crippen LogP contribution in [-0.2, 0) is 6.54 Å². The third-order valence-electron chi connectivity index (χ3n) is 3.10. The van der Waals surface area contributed by atoms with Crippen molar-refractivity contribution >= 4 is 21.8 Å². The summed E-state index contributed by atoms with van der Waals surface area (Å²) in [6, 6.07) is 7.62. The Hall–Kier alpha value is -1.62. The summed E-state index contributed by atoms with van der Waals surface area (Å²) in [5, 5.41) is 0. The van der Waals surface area contributed by atoms with Crippen molar-refractivity contribution in [2.45, 2.75) is 25.4 Å². The van der Waals surface area contributed by atoms with E-state index in [0.29, 0.717) is 18.3 Å². The number of nitrogens with zero attached hydrogens (tertiary/aromatic N) is 2. The van der Waals surface area contributed by atoms with Crippen molar-refractivity contribution in [3.8, 4) is 0 Å². The number of aromatic nitrogens is 1. The summed E-state index contributed by atoms with van der Waals surface area (Å²) in [6.07, 6.45) is 5.39. The molecule has 5 heteroatoms. The fraction of sp³-hybridized carbons (Fsp3) is 0.286. The molecule has 0 radical (unpaired) electrons. The van der Waals surface area contributed by atoms with Crippen molar-refractivity contribution in [3.63, 3.8) is 0 Å². The van der Waals surface area contributed by atoms with Crippen LogP contribution in [0, 0.1) is 0 Å². The molecule has 0 saturated heterocycles. The van der Waals surface area contributed by atoms with Crippen molar-refractivity contribution in [1.29, 1.82) is 0 Å². The van der Waals surface area contributed by atoms with Crippen LogP contribution in [0.2, 0.25) is 0 Å². The lowest BCUT2D eigenvalue weighted by molar-refractivity contribution is 0.0711.